The predicted molar refractivity (Wildman–Crippen MR) is 78.1 cm³/mol. The molecule has 2 amide bonds. The third kappa shape index (κ3) is 3.91. The van der Waals surface area contributed by atoms with Crippen LogP contribution in [0.15, 0.2) is 54.6 Å². The molecule has 0 radical (unpaired) electrons. The maximum atomic E-state index is 11.8. The SMILES string of the molecule is N#Cc1ccccc1NC(=O)C(=O)NCc1ccccc1. The average molecular weight is 279 g/mol. The fourth-order valence-corrected chi connectivity index (χ4v) is 1.73. The Morgan fingerprint density at radius 1 is 0.952 bits per heavy atom. The van der Waals surface area contributed by atoms with Crippen molar-refractivity contribution in [1.82, 2.24) is 5.32 Å². The molecule has 0 saturated heterocycles. The summed E-state index contributed by atoms with van der Waals surface area (Å²) >= 11 is 0. The highest BCUT2D eigenvalue weighted by Crippen LogP contribution is 2.13. The van der Waals surface area contributed by atoms with E-state index in [0.29, 0.717) is 11.3 Å². The van der Waals surface area contributed by atoms with Crippen LogP contribution >= 0.6 is 0 Å². The lowest BCUT2D eigenvalue weighted by Gasteiger charge is -2.07. The van der Waals surface area contributed by atoms with Gasteiger partial charge in [0.25, 0.3) is 0 Å². The summed E-state index contributed by atoms with van der Waals surface area (Å²) in [5.41, 5.74) is 1.53. The zero-order valence-electron chi connectivity index (χ0n) is 11.2. The van der Waals surface area contributed by atoms with Crippen LogP contribution in [0, 0.1) is 11.3 Å². The van der Waals surface area contributed by atoms with E-state index < -0.39 is 11.8 Å². The number of hydrogen-bond acceptors (Lipinski definition) is 3. The minimum absolute atomic E-state index is 0.271. The number of anilines is 1. The lowest BCUT2D eigenvalue weighted by Crippen LogP contribution is -2.35. The standard InChI is InChI=1S/C16H13N3O2/c17-10-13-8-4-5-9-14(13)19-16(21)15(20)18-11-12-6-2-1-3-7-12/h1-9H,11H2,(H,18,20)(H,19,21). The van der Waals surface area contributed by atoms with E-state index in [0.717, 1.165) is 5.56 Å². The fourth-order valence-electron chi connectivity index (χ4n) is 1.73. The number of carbonyl (C=O) groups excluding carboxylic acids is 2. The fraction of sp³-hybridized carbons (Fsp3) is 0.0625. The Balaban J connectivity index is 1.94. The van der Waals surface area contributed by atoms with Crippen LogP contribution in [-0.2, 0) is 16.1 Å². The van der Waals surface area contributed by atoms with Crippen LogP contribution in [0.2, 0.25) is 0 Å². The van der Waals surface area contributed by atoms with E-state index in [1.54, 1.807) is 24.3 Å². The van der Waals surface area contributed by atoms with E-state index in [2.05, 4.69) is 10.6 Å². The molecule has 0 bridgehead atoms. The maximum absolute atomic E-state index is 11.8. The van der Waals surface area contributed by atoms with Gasteiger partial charge in [-0.15, -0.1) is 0 Å². The van der Waals surface area contributed by atoms with Gasteiger partial charge in [0.05, 0.1) is 11.3 Å². The smallest absolute Gasteiger partial charge is 0.313 e. The predicted octanol–water partition coefficient (Wildman–Crippen LogP) is 1.81. The number of rotatable bonds is 3. The molecule has 2 aromatic rings. The van der Waals surface area contributed by atoms with Crippen molar-refractivity contribution < 1.29 is 9.59 Å². The van der Waals surface area contributed by atoms with Gasteiger partial charge in [-0.05, 0) is 17.7 Å². The van der Waals surface area contributed by atoms with Crippen molar-refractivity contribution in [1.29, 1.82) is 5.26 Å². The highest BCUT2D eigenvalue weighted by molar-refractivity contribution is 6.39. The van der Waals surface area contributed by atoms with Crippen molar-refractivity contribution in [3.63, 3.8) is 0 Å². The highest BCUT2D eigenvalue weighted by Gasteiger charge is 2.14. The van der Waals surface area contributed by atoms with Crippen molar-refractivity contribution in [3.8, 4) is 6.07 Å². The van der Waals surface area contributed by atoms with Crippen LogP contribution < -0.4 is 10.6 Å². The molecule has 0 atom stereocenters. The van der Waals surface area contributed by atoms with E-state index in [1.165, 1.54) is 0 Å². The van der Waals surface area contributed by atoms with Crippen LogP contribution in [0.25, 0.3) is 0 Å². The number of amides is 2. The Morgan fingerprint density at radius 3 is 2.33 bits per heavy atom. The molecular weight excluding hydrogens is 266 g/mol. The number of nitriles is 1. The second kappa shape index (κ2) is 6.87. The molecule has 0 aliphatic carbocycles. The van der Waals surface area contributed by atoms with Gasteiger partial charge in [0, 0.05) is 6.54 Å². The van der Waals surface area contributed by atoms with E-state index in [9.17, 15) is 9.59 Å². The molecule has 0 aliphatic heterocycles. The lowest BCUT2D eigenvalue weighted by atomic mass is 10.2. The molecule has 0 unspecified atom stereocenters. The normalized spacial score (nSPS) is 9.48. The van der Waals surface area contributed by atoms with Gasteiger partial charge in [0.2, 0.25) is 0 Å². The maximum Gasteiger partial charge on any atom is 0.313 e. The van der Waals surface area contributed by atoms with Gasteiger partial charge >= 0.3 is 11.8 Å². The summed E-state index contributed by atoms with van der Waals surface area (Å²) in [6.07, 6.45) is 0. The van der Waals surface area contributed by atoms with E-state index in [4.69, 9.17) is 5.26 Å². The van der Waals surface area contributed by atoms with Crippen LogP contribution in [0.5, 0.6) is 0 Å². The molecule has 2 rings (SSSR count). The van der Waals surface area contributed by atoms with Crippen molar-refractivity contribution >= 4 is 17.5 Å². The van der Waals surface area contributed by atoms with E-state index >= 15 is 0 Å². The molecule has 2 aromatic carbocycles. The molecule has 5 heteroatoms. The highest BCUT2D eigenvalue weighted by atomic mass is 16.2. The van der Waals surface area contributed by atoms with Crippen molar-refractivity contribution in [3.05, 3.63) is 65.7 Å². The van der Waals surface area contributed by atoms with Crippen LogP contribution in [0.3, 0.4) is 0 Å². The van der Waals surface area contributed by atoms with Gasteiger partial charge < -0.3 is 10.6 Å². The van der Waals surface area contributed by atoms with E-state index in [-0.39, 0.29) is 6.54 Å². The topological polar surface area (TPSA) is 82.0 Å². The third-order valence-electron chi connectivity index (χ3n) is 2.80. The molecule has 104 valence electrons. The van der Waals surface area contributed by atoms with Gasteiger partial charge in [-0.3, -0.25) is 9.59 Å². The average Bonchev–Trinajstić information content (AvgIpc) is 2.54. The second-order valence-electron chi connectivity index (χ2n) is 4.28. The first-order valence-electron chi connectivity index (χ1n) is 6.33. The molecule has 21 heavy (non-hydrogen) atoms. The van der Waals surface area contributed by atoms with Crippen molar-refractivity contribution in [2.75, 3.05) is 5.32 Å². The first-order valence-corrected chi connectivity index (χ1v) is 6.33. The Kier molecular flexibility index (Phi) is 4.67. The largest absolute Gasteiger partial charge is 0.344 e. The van der Waals surface area contributed by atoms with Crippen LogP contribution in [-0.4, -0.2) is 11.8 Å². The summed E-state index contributed by atoms with van der Waals surface area (Å²) in [6, 6.07) is 17.7. The molecule has 0 aromatic heterocycles. The van der Waals surface area contributed by atoms with Gasteiger partial charge in [0.15, 0.2) is 0 Å². The van der Waals surface area contributed by atoms with Gasteiger partial charge in [-0.2, -0.15) is 5.26 Å². The second-order valence-corrected chi connectivity index (χ2v) is 4.28. The van der Waals surface area contributed by atoms with Gasteiger partial charge in [-0.1, -0.05) is 42.5 Å². The van der Waals surface area contributed by atoms with Gasteiger partial charge in [-0.25, -0.2) is 0 Å². The Labute approximate surface area is 122 Å². The number of hydrogen-bond donors (Lipinski definition) is 2. The van der Waals surface area contributed by atoms with Crippen molar-refractivity contribution in [2.45, 2.75) is 6.54 Å². The van der Waals surface area contributed by atoms with Crippen LogP contribution in [0.1, 0.15) is 11.1 Å². The number of nitrogens with zero attached hydrogens (tertiary/aromatic N) is 1. The number of carbonyl (C=O) groups is 2. The molecule has 0 fully saturated rings. The Morgan fingerprint density at radius 2 is 1.62 bits per heavy atom. The summed E-state index contributed by atoms with van der Waals surface area (Å²) in [4.78, 5) is 23.5. The van der Waals surface area contributed by atoms with Crippen LogP contribution in [0.4, 0.5) is 5.69 Å². The molecule has 2 N–H and O–H groups in total. The quantitative estimate of drug-likeness (QED) is 0.841. The lowest BCUT2D eigenvalue weighted by molar-refractivity contribution is -0.136. The molecule has 0 aliphatic rings. The summed E-state index contributed by atoms with van der Waals surface area (Å²) in [5.74, 6) is -1.54. The van der Waals surface area contributed by atoms with E-state index in [1.807, 2.05) is 36.4 Å². The third-order valence-corrected chi connectivity index (χ3v) is 2.80. The summed E-state index contributed by atoms with van der Waals surface area (Å²) in [7, 11) is 0. The number of nitrogens with one attached hydrogen (secondary N) is 2. The Hall–Kier alpha value is -3.13. The summed E-state index contributed by atoms with van der Waals surface area (Å²) < 4.78 is 0. The molecule has 0 spiro atoms. The monoisotopic (exact) mass is 279 g/mol. The van der Waals surface area contributed by atoms with Gasteiger partial charge in [0.1, 0.15) is 6.07 Å². The summed E-state index contributed by atoms with van der Waals surface area (Å²) in [6.45, 7) is 0.271. The molecular formula is C16H13N3O2. The number of benzene rings is 2. The first kappa shape index (κ1) is 14.3. The Bertz CT molecular complexity index is 690. The van der Waals surface area contributed by atoms with Crippen molar-refractivity contribution in [2.24, 2.45) is 0 Å². The zero-order valence-corrected chi connectivity index (χ0v) is 11.2. The number of para-hydroxylation sites is 1. The minimum Gasteiger partial charge on any atom is -0.344 e. The molecule has 0 heterocycles. The first-order chi connectivity index (χ1) is 10.2. The zero-order chi connectivity index (χ0) is 15.1. The minimum atomic E-state index is -0.798. The molecule has 0 saturated carbocycles. The summed E-state index contributed by atoms with van der Waals surface area (Å²) in [5, 5.41) is 13.9. The molecule has 5 nitrogen and oxygen atoms in total.